The molecule has 12 aromatic rings. The molecule has 8 aromatic carbocycles. The molecule has 0 saturated carbocycles. The van der Waals surface area contributed by atoms with Crippen LogP contribution in [0.2, 0.25) is 0 Å². The number of hydrogen-bond donors (Lipinski definition) is 0. The third kappa shape index (κ3) is 3.91. The number of hydrogen-bond acceptors (Lipinski definition) is 3. The van der Waals surface area contributed by atoms with Crippen LogP contribution in [0.25, 0.3) is 110 Å². The number of aromatic nitrogens is 2. The molecule has 4 aromatic heterocycles. The van der Waals surface area contributed by atoms with Crippen molar-refractivity contribution in [2.75, 3.05) is 0 Å². The topological polar surface area (TPSA) is 59.9 Å². The van der Waals surface area contributed by atoms with Gasteiger partial charge in [-0.15, -0.1) is 0 Å². The average molecular weight is 690 g/mol. The Morgan fingerprint density at radius 3 is 1.50 bits per heavy atom. The van der Waals surface area contributed by atoms with E-state index in [2.05, 4.69) is 143 Å². The Kier molecular flexibility index (Phi) is 5.78. The molecule has 0 bridgehead atoms. The highest BCUT2D eigenvalue weighted by Gasteiger charge is 2.21. The number of rotatable bonds is 3. The zero-order valence-corrected chi connectivity index (χ0v) is 28.7. The fraction of sp³-hybridized carbons (Fsp3) is 0. The summed E-state index contributed by atoms with van der Waals surface area (Å²) in [6.07, 6.45) is 0. The lowest BCUT2D eigenvalue weighted by Gasteiger charge is -2.16. The number of para-hydroxylation sites is 4. The Bertz CT molecular complexity index is 3570. The van der Waals surface area contributed by atoms with E-state index in [1.165, 1.54) is 5.39 Å². The number of benzene rings is 8. The maximum Gasteiger partial charge on any atom is 0.136 e. The Balaban J connectivity index is 1.08. The van der Waals surface area contributed by atoms with Crippen LogP contribution < -0.4 is 0 Å². The van der Waals surface area contributed by atoms with Crippen LogP contribution in [0.5, 0.6) is 0 Å². The van der Waals surface area contributed by atoms with E-state index in [1.807, 2.05) is 36.4 Å². The minimum absolute atomic E-state index is 0.618. The van der Waals surface area contributed by atoms with Crippen LogP contribution >= 0.6 is 0 Å². The zero-order chi connectivity index (χ0) is 35.5. The first-order valence-electron chi connectivity index (χ1n) is 18.1. The van der Waals surface area contributed by atoms with E-state index < -0.39 is 0 Å². The standard InChI is InChI=1S/C49H27N3O2/c50-28-30-10-9-17-42(52-41-16-6-2-12-33(41)37-27-48-39(25-44(37)52)35-14-4-8-19-46(35)54-48)49(30)29-20-22-31(23-21-29)51-40-15-5-1-11-32(40)36-26-47-38(24-43(36)51)34-13-3-7-18-45(34)53-47/h1-27H. The first-order valence-corrected chi connectivity index (χ1v) is 18.1. The second kappa shape index (κ2) is 10.7. The van der Waals surface area contributed by atoms with Crippen molar-refractivity contribution in [2.45, 2.75) is 0 Å². The van der Waals surface area contributed by atoms with Gasteiger partial charge in [0.1, 0.15) is 22.3 Å². The largest absolute Gasteiger partial charge is 0.456 e. The van der Waals surface area contributed by atoms with Crippen LogP contribution in [0, 0.1) is 11.3 Å². The minimum Gasteiger partial charge on any atom is -0.456 e. The molecule has 0 aliphatic carbocycles. The third-order valence-electron chi connectivity index (χ3n) is 11.2. The van der Waals surface area contributed by atoms with Crippen LogP contribution in [0.4, 0.5) is 0 Å². The third-order valence-corrected chi connectivity index (χ3v) is 11.2. The summed E-state index contributed by atoms with van der Waals surface area (Å²) in [5.74, 6) is 0. The van der Waals surface area contributed by atoms with Gasteiger partial charge in [-0.25, -0.2) is 0 Å². The molecule has 54 heavy (non-hydrogen) atoms. The van der Waals surface area contributed by atoms with Crippen molar-refractivity contribution in [3.63, 3.8) is 0 Å². The van der Waals surface area contributed by atoms with Gasteiger partial charge in [-0.3, -0.25) is 0 Å². The number of furan rings is 2. The smallest absolute Gasteiger partial charge is 0.136 e. The summed E-state index contributed by atoms with van der Waals surface area (Å²) in [5, 5.41) is 19.5. The maximum absolute atomic E-state index is 10.6. The summed E-state index contributed by atoms with van der Waals surface area (Å²) in [6, 6.07) is 59.4. The molecule has 5 nitrogen and oxygen atoms in total. The molecule has 0 atom stereocenters. The predicted octanol–water partition coefficient (Wildman–Crippen LogP) is 13.2. The fourth-order valence-corrected chi connectivity index (χ4v) is 8.81. The zero-order valence-electron chi connectivity index (χ0n) is 28.7. The van der Waals surface area contributed by atoms with Crippen molar-refractivity contribution in [3.05, 3.63) is 169 Å². The molecule has 0 radical (unpaired) electrons. The monoisotopic (exact) mass is 689 g/mol. The lowest BCUT2D eigenvalue weighted by Crippen LogP contribution is -2.00. The molecule has 0 saturated heterocycles. The summed E-state index contributed by atoms with van der Waals surface area (Å²) in [6.45, 7) is 0. The molecule has 0 fully saturated rings. The second-order valence-electron chi connectivity index (χ2n) is 14.0. The van der Waals surface area contributed by atoms with Crippen molar-refractivity contribution in [1.82, 2.24) is 9.13 Å². The van der Waals surface area contributed by atoms with E-state index in [0.717, 1.165) is 105 Å². The van der Waals surface area contributed by atoms with Gasteiger partial charge in [-0.1, -0.05) is 91.0 Å². The van der Waals surface area contributed by atoms with Gasteiger partial charge in [0.05, 0.1) is 39.4 Å². The first kappa shape index (κ1) is 29.1. The van der Waals surface area contributed by atoms with Gasteiger partial charge in [0.25, 0.3) is 0 Å². The normalized spacial score (nSPS) is 12.1. The van der Waals surface area contributed by atoms with E-state index >= 15 is 0 Å². The molecule has 12 rings (SSSR count). The molecule has 5 heteroatoms. The lowest BCUT2D eigenvalue weighted by atomic mass is 9.97. The van der Waals surface area contributed by atoms with E-state index in [0.29, 0.717) is 5.56 Å². The Morgan fingerprint density at radius 2 is 0.907 bits per heavy atom. The molecule has 0 spiro atoms. The molecule has 250 valence electrons. The van der Waals surface area contributed by atoms with Gasteiger partial charge in [-0.05, 0) is 78.4 Å². The maximum atomic E-state index is 10.6. The van der Waals surface area contributed by atoms with Crippen LogP contribution in [0.1, 0.15) is 5.56 Å². The Labute approximate surface area is 307 Å². The van der Waals surface area contributed by atoms with Gasteiger partial charge in [-0.2, -0.15) is 5.26 Å². The van der Waals surface area contributed by atoms with Crippen molar-refractivity contribution >= 4 is 87.5 Å². The molecule has 0 unspecified atom stereocenters. The molecular weight excluding hydrogens is 663 g/mol. The first-order chi connectivity index (χ1) is 26.7. The summed E-state index contributed by atoms with van der Waals surface area (Å²) in [4.78, 5) is 0. The van der Waals surface area contributed by atoms with Crippen LogP contribution in [0.3, 0.4) is 0 Å². The second-order valence-corrected chi connectivity index (χ2v) is 14.0. The van der Waals surface area contributed by atoms with Crippen LogP contribution in [-0.2, 0) is 0 Å². The van der Waals surface area contributed by atoms with Crippen molar-refractivity contribution in [2.24, 2.45) is 0 Å². The number of nitriles is 1. The highest BCUT2D eigenvalue weighted by Crippen LogP contribution is 2.42. The number of nitrogens with zero attached hydrogens (tertiary/aromatic N) is 3. The molecule has 4 heterocycles. The average Bonchev–Trinajstić information content (AvgIpc) is 3.96. The van der Waals surface area contributed by atoms with Crippen molar-refractivity contribution in [1.29, 1.82) is 5.26 Å². The van der Waals surface area contributed by atoms with E-state index in [4.69, 9.17) is 8.83 Å². The van der Waals surface area contributed by atoms with E-state index in [-0.39, 0.29) is 0 Å². The fourth-order valence-electron chi connectivity index (χ4n) is 8.81. The highest BCUT2D eigenvalue weighted by atomic mass is 16.3. The van der Waals surface area contributed by atoms with Gasteiger partial charge >= 0.3 is 0 Å². The summed E-state index contributed by atoms with van der Waals surface area (Å²) in [7, 11) is 0. The molecule has 0 aliphatic heterocycles. The van der Waals surface area contributed by atoms with E-state index in [1.54, 1.807) is 0 Å². The minimum atomic E-state index is 0.618. The Hall–Kier alpha value is -7.55. The van der Waals surface area contributed by atoms with Crippen LogP contribution in [0.15, 0.2) is 173 Å². The van der Waals surface area contributed by atoms with Gasteiger partial charge in [0, 0.05) is 54.3 Å². The van der Waals surface area contributed by atoms with Gasteiger partial charge < -0.3 is 18.0 Å². The predicted molar refractivity (Wildman–Crippen MR) is 220 cm³/mol. The summed E-state index contributed by atoms with van der Waals surface area (Å²) < 4.78 is 17.3. The molecule has 0 amide bonds. The van der Waals surface area contributed by atoms with E-state index in [9.17, 15) is 5.26 Å². The Morgan fingerprint density at radius 1 is 0.389 bits per heavy atom. The van der Waals surface area contributed by atoms with Gasteiger partial charge in [0.15, 0.2) is 0 Å². The quantitative estimate of drug-likeness (QED) is 0.185. The van der Waals surface area contributed by atoms with Crippen molar-refractivity contribution in [3.8, 4) is 28.6 Å². The van der Waals surface area contributed by atoms with Gasteiger partial charge in [0.2, 0.25) is 0 Å². The number of fused-ring (bicyclic) bond motifs is 12. The summed E-state index contributed by atoms with van der Waals surface area (Å²) in [5.41, 5.74) is 12.3. The molecule has 0 N–H and O–H groups in total. The molecular formula is C49H27N3O2. The molecule has 0 aliphatic rings. The van der Waals surface area contributed by atoms with Crippen LogP contribution in [-0.4, -0.2) is 9.13 Å². The van der Waals surface area contributed by atoms with Crippen molar-refractivity contribution < 1.29 is 8.83 Å². The highest BCUT2D eigenvalue weighted by molar-refractivity contribution is 6.18. The lowest BCUT2D eigenvalue weighted by molar-refractivity contribution is 0.669. The SMILES string of the molecule is N#Cc1cccc(-n2c3ccccc3c3cc4oc5ccccc5c4cc32)c1-c1ccc(-n2c3ccccc3c3cc4oc5ccccc5c4cc32)cc1. The summed E-state index contributed by atoms with van der Waals surface area (Å²) >= 11 is 0.